The fourth-order valence-electron chi connectivity index (χ4n) is 4.13. The minimum Gasteiger partial charge on any atom is -0.539 e. The van der Waals surface area contributed by atoms with Crippen molar-refractivity contribution in [3.05, 3.63) is 0 Å². The summed E-state index contributed by atoms with van der Waals surface area (Å²) in [7, 11) is 6.94. The van der Waals surface area contributed by atoms with Crippen LogP contribution in [0.15, 0.2) is 0 Å². The molecule has 5 unspecified atom stereocenters. The van der Waals surface area contributed by atoms with E-state index < -0.39 is 73.6 Å². The van der Waals surface area contributed by atoms with Crippen LogP contribution in [0.4, 0.5) is 0 Å². The largest absolute Gasteiger partial charge is 0.539 e. The van der Waals surface area contributed by atoms with Crippen LogP contribution in [-0.2, 0) is 268 Å². The van der Waals surface area contributed by atoms with Gasteiger partial charge < -0.3 is 76.1 Å². The summed E-state index contributed by atoms with van der Waals surface area (Å²) in [6.45, 7) is 8.51. The van der Waals surface area contributed by atoms with Crippen molar-refractivity contribution in [3.63, 3.8) is 0 Å². The van der Waals surface area contributed by atoms with Crippen LogP contribution in [0.25, 0.3) is 0 Å². The predicted molar refractivity (Wildman–Crippen MR) is 222 cm³/mol. The first-order valence-electron chi connectivity index (χ1n) is 19.6. The Bertz CT molecular complexity index is 1340. The molecule has 0 fully saturated rings. The van der Waals surface area contributed by atoms with Crippen LogP contribution in [0, 0.1) is 5.92 Å². The molecule has 0 aromatic heterocycles. The standard InChI is InChI=1S/C10H17O4.C9H13O5.C8H11O5.C8H13O4.C7H11O4.5Y/c1-3-4-5-6-9(13-2)10(12)14-8-7-11;1-7(11)3-4-8(13-2)9(12)14-6-5-10;1-6(10)5-7(12-2)8(11)13-4-3-9;1-6(2)7(11-3)8(10)12-5-4-9;1-3-6(10-2)7(9)11-5-4-8;;;;;/h9H,3-6,8H2,1-2H3;8H,3-4,6H2,1-2H3;7H,4-5H2,1-2H3;6-7H,5H2,1-3H3;6H,3,5H2,1-2H3;;;;;/q5*-1;;;;;. The smallest absolute Gasteiger partial charge is 0.333 e. The first-order chi connectivity index (χ1) is 30.4. The number of carbonyl (C=O) groups excluding carboxylic acids is 12. The molecule has 0 rings (SSSR count). The molecule has 0 saturated heterocycles. The number of ketones is 2. The summed E-state index contributed by atoms with van der Waals surface area (Å²) < 4.78 is 46.5. The second kappa shape index (κ2) is 68.4. The number of hydrogen-bond donors (Lipinski definition) is 0. The molecular weight excluding hydrogens is 1300 g/mol. The Kier molecular flexibility index (Phi) is 91.1. The first-order valence-corrected chi connectivity index (χ1v) is 19.6. The predicted octanol–water partition coefficient (Wildman–Crippen LogP) is 1.25. The Morgan fingerprint density at radius 2 is 0.739 bits per heavy atom. The van der Waals surface area contributed by atoms with Crippen LogP contribution >= 0.6 is 0 Å². The first kappa shape index (κ1) is 92.0. The van der Waals surface area contributed by atoms with Crippen LogP contribution in [-0.4, -0.2) is 172 Å². The van der Waals surface area contributed by atoms with Crippen LogP contribution in [0.2, 0.25) is 0 Å². The number of Topliss-reactive ketones (excluding diaryl/α,β-unsaturated/α-hetero) is 2. The molecule has 0 aliphatic carbocycles. The van der Waals surface area contributed by atoms with Gasteiger partial charge in [-0.25, -0.2) is 55.4 Å². The number of ether oxygens (including phenoxy) is 10. The molecule has 0 aromatic rings. The van der Waals surface area contributed by atoms with Gasteiger partial charge in [0, 0.05) is 212 Å². The number of hydrogen-bond acceptors (Lipinski definition) is 22. The van der Waals surface area contributed by atoms with Crippen molar-refractivity contribution >= 4 is 72.8 Å². The quantitative estimate of drug-likeness (QED) is 0.0408. The summed E-state index contributed by atoms with van der Waals surface area (Å²) in [4.78, 5) is 125. The summed E-state index contributed by atoms with van der Waals surface area (Å²) in [6, 6.07) is 0. The molecule has 0 N–H and O–H groups in total. The molecule has 0 aliphatic heterocycles. The van der Waals surface area contributed by atoms with Crippen LogP contribution < -0.4 is 0 Å². The van der Waals surface area contributed by atoms with Gasteiger partial charge in [0.1, 0.15) is 11.6 Å². The third kappa shape index (κ3) is 60.8. The van der Waals surface area contributed by atoms with E-state index in [1.54, 1.807) is 6.92 Å². The van der Waals surface area contributed by atoms with E-state index in [4.69, 9.17) is 23.7 Å². The molecule has 5 atom stereocenters. The van der Waals surface area contributed by atoms with E-state index in [9.17, 15) is 57.5 Å². The van der Waals surface area contributed by atoms with Gasteiger partial charge in [-0.05, 0) is 72.1 Å². The van der Waals surface area contributed by atoms with E-state index in [1.165, 1.54) is 80.8 Å². The Morgan fingerprint density at radius 1 is 0.420 bits per heavy atom. The maximum Gasteiger partial charge on any atom is 0.333 e. The molecule has 0 saturated carbocycles. The number of rotatable bonds is 31. The zero-order valence-electron chi connectivity index (χ0n) is 41.5. The average Bonchev–Trinajstić information content (AvgIpc) is 3.27. The third-order valence-corrected chi connectivity index (χ3v) is 7.32. The molecule has 5 radical (unpaired) electrons. The molecule has 22 nitrogen and oxygen atoms in total. The second-order valence-electron chi connectivity index (χ2n) is 12.6. The second-order valence-corrected chi connectivity index (χ2v) is 12.6. The van der Waals surface area contributed by atoms with Crippen molar-refractivity contribution in [2.24, 2.45) is 5.92 Å². The molecular formula is C42H65O22Y5-5. The van der Waals surface area contributed by atoms with Gasteiger partial charge >= 0.3 is 29.8 Å². The maximum absolute atomic E-state index is 11.2. The average molecular weight is 1370 g/mol. The summed E-state index contributed by atoms with van der Waals surface area (Å²) in [5.41, 5.74) is 0. The molecule has 69 heavy (non-hydrogen) atoms. The van der Waals surface area contributed by atoms with E-state index >= 15 is 0 Å². The van der Waals surface area contributed by atoms with Crippen molar-refractivity contribution in [1.29, 1.82) is 0 Å². The monoisotopic (exact) mass is 1370 g/mol. The van der Waals surface area contributed by atoms with Gasteiger partial charge in [0.05, 0.1) is 0 Å². The van der Waals surface area contributed by atoms with Crippen molar-refractivity contribution in [2.75, 3.05) is 68.6 Å². The van der Waals surface area contributed by atoms with Gasteiger partial charge in [0.25, 0.3) is 0 Å². The normalized spacial score (nSPS) is 11.2. The Hall–Kier alpha value is 0.359. The fraction of sp³-hybridized carbons (Fsp3) is 0.714. The maximum atomic E-state index is 11.2. The number of carbonyl (C=O) groups is 7. The van der Waals surface area contributed by atoms with Gasteiger partial charge in [0.2, 0.25) is 0 Å². The summed E-state index contributed by atoms with van der Waals surface area (Å²) in [6.07, 6.45) is 8.54. The van der Waals surface area contributed by atoms with Crippen molar-refractivity contribution in [3.8, 4) is 0 Å². The molecule has 27 heteroatoms. The molecule has 0 heterocycles. The van der Waals surface area contributed by atoms with E-state index in [1.807, 2.05) is 13.8 Å². The van der Waals surface area contributed by atoms with Crippen molar-refractivity contribution < 1.29 is 268 Å². The molecule has 0 spiro atoms. The van der Waals surface area contributed by atoms with Gasteiger partial charge in [-0.15, -0.1) is 0 Å². The zero-order valence-corrected chi connectivity index (χ0v) is 55.7. The number of methoxy groups -OCH3 is 5. The minimum atomic E-state index is -0.925. The summed E-state index contributed by atoms with van der Waals surface area (Å²) >= 11 is 0. The topological polar surface area (TPSA) is 297 Å². The Balaban J connectivity index is -0.0000000776. The Labute approximate surface area is 532 Å². The minimum absolute atomic E-state index is 0. The van der Waals surface area contributed by atoms with Gasteiger partial charge in [-0.2, -0.15) is 0 Å². The van der Waals surface area contributed by atoms with Crippen LogP contribution in [0.5, 0.6) is 0 Å². The van der Waals surface area contributed by atoms with Crippen LogP contribution in [0.1, 0.15) is 92.9 Å². The fourth-order valence-corrected chi connectivity index (χ4v) is 4.13. The number of esters is 5. The molecule has 0 aromatic carbocycles. The Morgan fingerprint density at radius 3 is 1.00 bits per heavy atom. The summed E-state index contributed by atoms with van der Waals surface area (Å²) in [5, 5.41) is 0. The van der Waals surface area contributed by atoms with Gasteiger partial charge in [0.15, 0.2) is 30.5 Å². The van der Waals surface area contributed by atoms with E-state index in [-0.39, 0.29) is 220 Å². The number of unbranched alkanes of at least 4 members (excludes halogenated alkanes) is 2. The van der Waals surface area contributed by atoms with Gasteiger partial charge in [-0.3, -0.25) is 4.79 Å². The molecule has 385 valence electrons. The zero-order chi connectivity index (χ0) is 50.3. The molecule has 0 amide bonds. The SMILES string of the molecule is CCC(OC)C(=O)OC[C-]=O.CCCCCC(OC)C(=O)OC[C-]=O.COC(C(=O)OC[C-]=O)C(C)C.COC(CC(C)=O)C(=O)OC[C-]=O.COC(CCC(C)=O)C(=O)OC[C-]=O.[Y].[Y].[Y].[Y].[Y]. The third-order valence-electron chi connectivity index (χ3n) is 7.32. The van der Waals surface area contributed by atoms with E-state index in [0.717, 1.165) is 19.3 Å². The summed E-state index contributed by atoms with van der Waals surface area (Å²) in [5.74, 6) is -3.05. The molecule has 0 aliphatic rings. The van der Waals surface area contributed by atoms with Crippen molar-refractivity contribution in [2.45, 2.75) is 123 Å². The van der Waals surface area contributed by atoms with E-state index in [2.05, 4.69) is 30.6 Å². The van der Waals surface area contributed by atoms with Crippen molar-refractivity contribution in [1.82, 2.24) is 0 Å². The molecule has 0 bridgehead atoms. The van der Waals surface area contributed by atoms with Gasteiger partial charge in [-0.1, -0.05) is 47.0 Å². The van der Waals surface area contributed by atoms with Crippen LogP contribution in [0.3, 0.4) is 0 Å². The van der Waals surface area contributed by atoms with E-state index in [0.29, 0.717) is 12.8 Å².